The van der Waals surface area contributed by atoms with Crippen molar-refractivity contribution < 1.29 is 9.90 Å². The number of carboxylic acids is 1. The fraction of sp³-hybridized carbons (Fsp3) is 0.615. The van der Waals surface area contributed by atoms with Crippen molar-refractivity contribution in [1.29, 1.82) is 0 Å². The van der Waals surface area contributed by atoms with Crippen LogP contribution in [0.2, 0.25) is 0 Å². The lowest BCUT2D eigenvalue weighted by atomic mass is 10.0. The molecule has 0 aliphatic carbocycles. The summed E-state index contributed by atoms with van der Waals surface area (Å²) in [5.74, 6) is -0.313. The minimum absolute atomic E-state index is 0.395. The van der Waals surface area contributed by atoms with Crippen LogP contribution >= 0.6 is 0 Å². The second-order valence-electron chi connectivity index (χ2n) is 4.16. The molecule has 2 nitrogen and oxygen atoms in total. The molecule has 1 N–H and O–H groups in total. The summed E-state index contributed by atoms with van der Waals surface area (Å²) in [6.45, 7) is 7.92. The first-order valence-electron chi connectivity index (χ1n) is 5.57. The first-order chi connectivity index (χ1) is 6.97. The number of carbonyl (C=O) groups is 1. The minimum atomic E-state index is -0.844. The van der Waals surface area contributed by atoms with E-state index in [9.17, 15) is 4.79 Å². The summed E-state index contributed by atoms with van der Waals surface area (Å²) in [5.41, 5.74) is 1.44. The van der Waals surface area contributed by atoms with E-state index < -0.39 is 5.97 Å². The smallest absolute Gasteiger partial charge is 0.331 e. The van der Waals surface area contributed by atoms with E-state index in [0.29, 0.717) is 11.5 Å². The van der Waals surface area contributed by atoms with Gasteiger partial charge in [0.25, 0.3) is 0 Å². The highest BCUT2D eigenvalue weighted by Crippen LogP contribution is 2.13. The lowest BCUT2D eigenvalue weighted by molar-refractivity contribution is -0.132. The van der Waals surface area contributed by atoms with Gasteiger partial charge in [0.2, 0.25) is 0 Å². The first kappa shape index (κ1) is 13.9. The van der Waals surface area contributed by atoms with Crippen molar-refractivity contribution in [2.24, 2.45) is 5.92 Å². The molecule has 0 aromatic heterocycles. The Balaban J connectivity index is 4.30. The molecular weight excluding hydrogens is 188 g/mol. The molecule has 0 aliphatic heterocycles. The maximum absolute atomic E-state index is 10.6. The maximum atomic E-state index is 10.6. The second kappa shape index (κ2) is 7.27. The van der Waals surface area contributed by atoms with Gasteiger partial charge in [-0.1, -0.05) is 38.3 Å². The highest BCUT2D eigenvalue weighted by Gasteiger charge is 2.01. The molecule has 0 bridgehead atoms. The lowest BCUT2D eigenvalue weighted by Gasteiger charge is -2.05. The van der Waals surface area contributed by atoms with Gasteiger partial charge in [-0.25, -0.2) is 4.79 Å². The number of unbranched alkanes of at least 4 members (excludes halogenated alkanes) is 1. The summed E-state index contributed by atoms with van der Waals surface area (Å²) in [5, 5.41) is 8.71. The van der Waals surface area contributed by atoms with Crippen LogP contribution in [0.5, 0.6) is 0 Å². The zero-order valence-electron chi connectivity index (χ0n) is 10.2. The van der Waals surface area contributed by atoms with Crippen molar-refractivity contribution in [2.75, 3.05) is 0 Å². The Labute approximate surface area is 92.7 Å². The number of hydrogen-bond acceptors (Lipinski definition) is 1. The molecule has 0 saturated heterocycles. The van der Waals surface area contributed by atoms with Gasteiger partial charge in [0.05, 0.1) is 0 Å². The normalized spacial score (nSPS) is 15.2. The van der Waals surface area contributed by atoms with Crippen molar-refractivity contribution in [1.82, 2.24) is 0 Å². The summed E-state index contributed by atoms with van der Waals surface area (Å²) in [6.07, 6.45) is 7.48. The highest BCUT2D eigenvalue weighted by molar-refractivity contribution is 5.86. The van der Waals surface area contributed by atoms with Crippen molar-refractivity contribution in [2.45, 2.75) is 47.0 Å². The standard InChI is InChI=1S/C13H22O2/c1-5-6-7-10(2)8-11(3)9-12(4)13(14)15/h8-10H,5-7H2,1-4H3,(H,14,15)/b11-8+,12-9+/t10-/m0/s1. The van der Waals surface area contributed by atoms with Gasteiger partial charge in [-0.05, 0) is 32.3 Å². The monoisotopic (exact) mass is 210 g/mol. The molecule has 0 aromatic carbocycles. The van der Waals surface area contributed by atoms with Crippen LogP contribution in [0.4, 0.5) is 0 Å². The van der Waals surface area contributed by atoms with E-state index >= 15 is 0 Å². The third-order valence-corrected chi connectivity index (χ3v) is 2.34. The quantitative estimate of drug-likeness (QED) is 0.535. The molecule has 0 unspecified atom stereocenters. The molecule has 0 radical (unpaired) electrons. The van der Waals surface area contributed by atoms with Gasteiger partial charge in [0, 0.05) is 5.57 Å². The van der Waals surface area contributed by atoms with Crippen LogP contribution in [0.1, 0.15) is 47.0 Å². The van der Waals surface area contributed by atoms with E-state index in [1.54, 1.807) is 13.0 Å². The van der Waals surface area contributed by atoms with Crippen LogP contribution in [0.3, 0.4) is 0 Å². The van der Waals surface area contributed by atoms with E-state index in [4.69, 9.17) is 5.11 Å². The van der Waals surface area contributed by atoms with Crippen LogP contribution in [0.15, 0.2) is 23.3 Å². The summed E-state index contributed by atoms with van der Waals surface area (Å²) in [6, 6.07) is 0. The third-order valence-electron chi connectivity index (χ3n) is 2.34. The molecule has 0 amide bonds. The van der Waals surface area contributed by atoms with Gasteiger partial charge in [-0.3, -0.25) is 0 Å². The largest absolute Gasteiger partial charge is 0.478 e. The van der Waals surface area contributed by atoms with Gasteiger partial charge in [-0.2, -0.15) is 0 Å². The molecule has 0 aromatic rings. The fourth-order valence-electron chi connectivity index (χ4n) is 1.51. The Bertz CT molecular complexity index is 262. The second-order valence-corrected chi connectivity index (χ2v) is 4.16. The Morgan fingerprint density at radius 2 is 2.00 bits per heavy atom. The van der Waals surface area contributed by atoms with E-state index in [2.05, 4.69) is 19.9 Å². The Morgan fingerprint density at radius 3 is 2.47 bits per heavy atom. The fourth-order valence-corrected chi connectivity index (χ4v) is 1.51. The summed E-state index contributed by atoms with van der Waals surface area (Å²) >= 11 is 0. The van der Waals surface area contributed by atoms with Crippen LogP contribution < -0.4 is 0 Å². The Morgan fingerprint density at radius 1 is 1.40 bits per heavy atom. The Kier molecular flexibility index (Phi) is 6.76. The number of hydrogen-bond donors (Lipinski definition) is 1. The van der Waals surface area contributed by atoms with Gasteiger partial charge in [-0.15, -0.1) is 0 Å². The van der Waals surface area contributed by atoms with Gasteiger partial charge in [0.1, 0.15) is 0 Å². The molecule has 2 heteroatoms. The molecule has 1 atom stereocenters. The average molecular weight is 210 g/mol. The van der Waals surface area contributed by atoms with Gasteiger partial charge < -0.3 is 5.11 Å². The van der Waals surface area contributed by atoms with Crippen molar-refractivity contribution in [3.05, 3.63) is 23.3 Å². The van der Waals surface area contributed by atoms with Gasteiger partial charge in [0.15, 0.2) is 0 Å². The number of allylic oxidation sites excluding steroid dienone is 3. The van der Waals surface area contributed by atoms with Crippen LogP contribution in [0.25, 0.3) is 0 Å². The number of rotatable bonds is 6. The molecule has 15 heavy (non-hydrogen) atoms. The topological polar surface area (TPSA) is 37.3 Å². The molecular formula is C13H22O2. The summed E-state index contributed by atoms with van der Waals surface area (Å²) in [4.78, 5) is 10.6. The molecule has 0 fully saturated rings. The molecule has 86 valence electrons. The number of aliphatic carboxylic acids is 1. The van der Waals surface area contributed by atoms with Crippen LogP contribution in [0, 0.1) is 5.92 Å². The van der Waals surface area contributed by atoms with Crippen molar-refractivity contribution in [3.8, 4) is 0 Å². The molecule has 0 heterocycles. The zero-order chi connectivity index (χ0) is 11.8. The molecule has 0 spiro atoms. The van der Waals surface area contributed by atoms with E-state index in [1.165, 1.54) is 19.3 Å². The average Bonchev–Trinajstić information content (AvgIpc) is 2.14. The van der Waals surface area contributed by atoms with Crippen molar-refractivity contribution >= 4 is 5.97 Å². The maximum Gasteiger partial charge on any atom is 0.331 e. The molecule has 0 saturated carbocycles. The summed E-state index contributed by atoms with van der Waals surface area (Å²) < 4.78 is 0. The van der Waals surface area contributed by atoms with Crippen LogP contribution in [-0.2, 0) is 4.79 Å². The van der Waals surface area contributed by atoms with Crippen molar-refractivity contribution in [3.63, 3.8) is 0 Å². The van der Waals surface area contributed by atoms with Gasteiger partial charge >= 0.3 is 5.97 Å². The SMILES string of the molecule is CCCC[C@H](C)/C=C(C)/C=C(\C)C(=O)O. The van der Waals surface area contributed by atoms with E-state index in [1.807, 2.05) is 6.92 Å². The minimum Gasteiger partial charge on any atom is -0.478 e. The number of carboxylic acid groups (broad SMARTS) is 1. The molecule has 0 rings (SSSR count). The van der Waals surface area contributed by atoms with E-state index in [-0.39, 0.29) is 0 Å². The zero-order valence-corrected chi connectivity index (χ0v) is 10.2. The first-order valence-corrected chi connectivity index (χ1v) is 5.57. The van der Waals surface area contributed by atoms with E-state index in [0.717, 1.165) is 5.57 Å². The van der Waals surface area contributed by atoms with Crippen LogP contribution in [-0.4, -0.2) is 11.1 Å². The predicted molar refractivity (Wildman–Crippen MR) is 63.8 cm³/mol. The lowest BCUT2D eigenvalue weighted by Crippen LogP contribution is -1.96. The Hall–Kier alpha value is -1.05. The third kappa shape index (κ3) is 6.95. The highest BCUT2D eigenvalue weighted by atomic mass is 16.4. The predicted octanol–water partition coefficient (Wildman–Crippen LogP) is 3.79. The molecule has 0 aliphatic rings. The summed E-state index contributed by atoms with van der Waals surface area (Å²) in [7, 11) is 0.